The largest absolute Gasteiger partial charge is 0.524 e. The highest BCUT2D eigenvalue weighted by Gasteiger charge is 2.37. The third kappa shape index (κ3) is 24.1. The fourth-order valence-electron chi connectivity index (χ4n) is 6.76. The van der Waals surface area contributed by atoms with E-state index >= 15 is 0 Å². The molecule has 0 aliphatic rings. The van der Waals surface area contributed by atoms with Gasteiger partial charge in [0.25, 0.3) is 5.91 Å². The molecule has 402 valence electrons. The lowest BCUT2D eigenvalue weighted by molar-refractivity contribution is -0.463. The molecule has 27 nitrogen and oxygen atoms in total. The first-order chi connectivity index (χ1) is 33.1. The molecule has 28 heteroatoms. The molecule has 0 aromatic heterocycles. The number of benzene rings is 1. The van der Waals surface area contributed by atoms with Gasteiger partial charge in [-0.25, -0.2) is 4.57 Å². The van der Waals surface area contributed by atoms with E-state index in [1.807, 2.05) is 0 Å². The first-order valence-electron chi connectivity index (χ1n) is 23.4. The maximum Gasteiger partial charge on any atom is 0.524 e. The van der Waals surface area contributed by atoms with Crippen molar-refractivity contribution in [2.45, 2.75) is 147 Å². The zero-order valence-electron chi connectivity index (χ0n) is 41.4. The quantitative estimate of drug-likeness (QED) is 0.0135. The number of nitrogens with two attached hydrogens (primary N) is 3. The molecule has 0 bridgehead atoms. The molecular weight excluding hydrogens is 954 g/mol. The minimum Gasteiger partial charge on any atom is -0.404 e. The van der Waals surface area contributed by atoms with Gasteiger partial charge in [-0.3, -0.25) is 64.6 Å². The molecule has 0 saturated carbocycles. The van der Waals surface area contributed by atoms with Crippen molar-refractivity contribution < 1.29 is 83.9 Å². The second-order valence-electron chi connectivity index (χ2n) is 17.8. The molecule has 0 aliphatic carbocycles. The van der Waals surface area contributed by atoms with Crippen LogP contribution < -0.4 is 75.4 Å². The van der Waals surface area contributed by atoms with Gasteiger partial charge in [0.2, 0.25) is 41.4 Å². The zero-order chi connectivity index (χ0) is 54.2. The van der Waals surface area contributed by atoms with Crippen LogP contribution in [-0.2, 0) is 49.3 Å². The number of phosphoric acid groups is 1. The third-order valence-corrected chi connectivity index (χ3v) is 11.5. The van der Waals surface area contributed by atoms with E-state index in [9.17, 15) is 53.1 Å². The van der Waals surface area contributed by atoms with Gasteiger partial charge in [0.15, 0.2) is 6.04 Å². The number of hydrogen-bond donors (Lipinski definition) is 17. The van der Waals surface area contributed by atoms with Gasteiger partial charge >= 0.3 is 13.8 Å². The number of nitrogens with one attached hydrogen (secondary N) is 8. The maximum atomic E-state index is 14.0. The molecule has 0 unspecified atom stereocenters. The van der Waals surface area contributed by atoms with E-state index in [1.165, 1.54) is 38.1 Å². The highest BCUT2D eigenvalue weighted by molar-refractivity contribution is 7.46. The SMILES string of the molecule is CC[C@H](C)[C@H](NC(=O)[C@@H](NC(=O)[C@H](CC(C)C)NC(=O)[C@H](CO)NC(=O)[C@H](CCCC[NH3+])NC(=O)[C@@H]([NH3+])CCC[NH+]=C(N)N)[C@@H](C)O)C(=O)N[C@@H](Cc1ccc(OP(=O)(O)O)cc1)C(=O)N[C@@H](C)C(N)=O. The van der Waals surface area contributed by atoms with Gasteiger partial charge in [-0.05, 0) is 75.5 Å². The Balaban J connectivity index is 3.34. The second-order valence-corrected chi connectivity index (χ2v) is 19.0. The van der Waals surface area contributed by atoms with E-state index < -0.39 is 122 Å². The van der Waals surface area contributed by atoms with Gasteiger partial charge in [0.1, 0.15) is 48.0 Å². The van der Waals surface area contributed by atoms with Crippen LogP contribution in [0.25, 0.3) is 0 Å². The van der Waals surface area contributed by atoms with Crippen LogP contribution in [0.2, 0.25) is 0 Å². The average Bonchev–Trinajstić information content (AvgIpc) is 3.28. The normalized spacial score (nSPS) is 15.6. The van der Waals surface area contributed by atoms with Crippen molar-refractivity contribution in [1.82, 2.24) is 37.2 Å². The van der Waals surface area contributed by atoms with Crippen molar-refractivity contribution >= 4 is 61.0 Å². The summed E-state index contributed by atoms with van der Waals surface area (Å²) in [7, 11) is -4.88. The van der Waals surface area contributed by atoms with Gasteiger partial charge in [0, 0.05) is 12.8 Å². The van der Waals surface area contributed by atoms with Gasteiger partial charge < -0.3 is 69.2 Å². The maximum absolute atomic E-state index is 14.0. The lowest BCUT2D eigenvalue weighted by atomic mass is 9.96. The first kappa shape index (κ1) is 63.1. The fourth-order valence-corrected chi connectivity index (χ4v) is 7.15. The topological polar surface area (TPSA) is 475 Å². The number of hydrogen-bond acceptors (Lipinski definition) is 12. The highest BCUT2D eigenvalue weighted by atomic mass is 31.2. The molecule has 0 spiro atoms. The minimum absolute atomic E-state index is 0.0208. The fraction of sp³-hybridized carbons (Fsp3) is 0.651. The summed E-state index contributed by atoms with van der Waals surface area (Å²) >= 11 is 0. The molecule has 1 aromatic carbocycles. The minimum atomic E-state index is -4.88. The summed E-state index contributed by atoms with van der Waals surface area (Å²) < 4.78 is 15.9. The number of rotatable bonds is 33. The molecular formula is C43H79N13O14P+3. The molecule has 8 amide bonds. The number of aliphatic hydroxyl groups is 2. The number of unbranched alkanes of at least 4 members (excludes halogenated alkanes) is 1. The number of amides is 8. The van der Waals surface area contributed by atoms with E-state index in [2.05, 4.69) is 58.2 Å². The molecule has 0 radical (unpaired) electrons. The van der Waals surface area contributed by atoms with E-state index in [1.54, 1.807) is 27.7 Å². The highest BCUT2D eigenvalue weighted by Crippen LogP contribution is 2.37. The van der Waals surface area contributed by atoms with Crippen LogP contribution in [0.5, 0.6) is 5.75 Å². The summed E-state index contributed by atoms with van der Waals surface area (Å²) in [6.07, 6.45) is 0.566. The van der Waals surface area contributed by atoms with Crippen molar-refractivity contribution in [1.29, 1.82) is 0 Å². The van der Waals surface area contributed by atoms with Crippen molar-refractivity contribution in [2.24, 2.45) is 29.0 Å². The van der Waals surface area contributed by atoms with Gasteiger partial charge in [0.05, 0.1) is 25.8 Å². The summed E-state index contributed by atoms with van der Waals surface area (Å²) in [4.78, 5) is 128. The molecule has 0 saturated heterocycles. The molecule has 1 aromatic rings. The molecule has 0 heterocycles. The van der Waals surface area contributed by atoms with Crippen LogP contribution in [0, 0.1) is 11.8 Å². The van der Waals surface area contributed by atoms with Gasteiger partial charge in [-0.1, -0.05) is 46.2 Å². The second kappa shape index (κ2) is 31.4. The van der Waals surface area contributed by atoms with Crippen molar-refractivity contribution in [3.05, 3.63) is 29.8 Å². The lowest BCUT2D eigenvalue weighted by Gasteiger charge is -2.30. The van der Waals surface area contributed by atoms with Crippen LogP contribution in [0.3, 0.4) is 0 Å². The van der Waals surface area contributed by atoms with Crippen molar-refractivity contribution in [2.75, 3.05) is 19.7 Å². The third-order valence-electron chi connectivity index (χ3n) is 11.1. The number of primary amides is 1. The monoisotopic (exact) mass is 1030 g/mol. The van der Waals surface area contributed by atoms with E-state index in [-0.39, 0.29) is 36.9 Å². The standard InChI is InChI=1S/C43H76N13O14P/c1-7-23(4)33(41(65)53-31(38(62)50-24(5)35(46)59)20-26-13-15-27(16-14-26)70-71(67,68)69)55-42(66)34(25(6)58)56-39(63)30(19-22(2)3)52-40(64)32(21-57)54-37(61)29(12-8-9-17-44)51-36(60)28(45)11-10-18-49-43(47)48/h13-16,22-25,28-34,57-58H,7-12,17-21,44-45H2,1-6H3,(H2,46,59)(H,50,62)(H,51,60)(H,52,64)(H,53,65)(H,54,61)(H,55,66)(H,56,63)(H4,47,48,49)(H2,67,68,69)/p+3/t23-,24-,25+,28-,29-,30-,31-,32-,33-,34-/m0/s1. The van der Waals surface area contributed by atoms with E-state index in [0.717, 1.165) is 0 Å². The zero-order valence-corrected chi connectivity index (χ0v) is 42.3. The Morgan fingerprint density at radius 3 is 1.73 bits per heavy atom. The van der Waals surface area contributed by atoms with E-state index in [4.69, 9.17) is 27.0 Å². The molecule has 71 heavy (non-hydrogen) atoms. The van der Waals surface area contributed by atoms with Crippen molar-refractivity contribution in [3.8, 4) is 5.75 Å². The van der Waals surface area contributed by atoms with Crippen LogP contribution in [-0.4, -0.2) is 147 Å². The molecule has 10 atom stereocenters. The Hall–Kier alpha value is -5.96. The number of carbonyl (C=O) groups is 8. The predicted molar refractivity (Wildman–Crippen MR) is 256 cm³/mol. The Labute approximate surface area is 413 Å². The molecule has 24 N–H and O–H groups in total. The van der Waals surface area contributed by atoms with Crippen molar-refractivity contribution in [3.63, 3.8) is 0 Å². The summed E-state index contributed by atoms with van der Waals surface area (Å²) in [6.45, 7) is 9.36. The summed E-state index contributed by atoms with van der Waals surface area (Å²) in [5, 5.41) is 38.6. The number of guanidine groups is 1. The predicted octanol–water partition coefficient (Wildman–Crippen LogP) is -7.78. The van der Waals surface area contributed by atoms with Crippen LogP contribution in [0.4, 0.5) is 0 Å². The number of quaternary nitrogens is 2. The van der Waals surface area contributed by atoms with E-state index in [0.29, 0.717) is 50.8 Å². The Bertz CT molecular complexity index is 2000. The number of aliphatic hydroxyl groups excluding tert-OH is 2. The Kier molecular flexibility index (Phi) is 27.9. The van der Waals surface area contributed by atoms with Gasteiger partial charge in [-0.15, -0.1) is 0 Å². The smallest absolute Gasteiger partial charge is 0.404 e. The number of phosphoric ester groups is 1. The average molecular weight is 1030 g/mol. The van der Waals surface area contributed by atoms with Crippen LogP contribution in [0.1, 0.15) is 92.1 Å². The summed E-state index contributed by atoms with van der Waals surface area (Å²) in [5.41, 5.74) is 24.2. The molecule has 0 fully saturated rings. The first-order valence-corrected chi connectivity index (χ1v) is 25.0. The molecule has 1 rings (SSSR count). The Morgan fingerprint density at radius 1 is 0.690 bits per heavy atom. The molecule has 0 aliphatic heterocycles. The summed E-state index contributed by atoms with van der Waals surface area (Å²) in [6, 6.07) is -5.37. The summed E-state index contributed by atoms with van der Waals surface area (Å²) in [5.74, 6) is -7.92. The van der Waals surface area contributed by atoms with Crippen LogP contribution >= 0.6 is 7.82 Å². The van der Waals surface area contributed by atoms with Gasteiger partial charge in [-0.2, -0.15) is 0 Å². The Morgan fingerprint density at radius 2 is 1.21 bits per heavy atom. The van der Waals surface area contributed by atoms with Crippen LogP contribution in [0.15, 0.2) is 24.3 Å². The lowest BCUT2D eigenvalue weighted by Crippen LogP contribution is -2.78. The number of carbonyl (C=O) groups excluding carboxylic acids is 8.